The molecule has 0 spiro atoms. The summed E-state index contributed by atoms with van der Waals surface area (Å²) in [6.07, 6.45) is 0. The molecule has 0 aliphatic heterocycles. The first kappa shape index (κ1) is 19.9. The Morgan fingerprint density at radius 2 is 1.79 bits per heavy atom. The van der Waals surface area contributed by atoms with Crippen LogP contribution in [0.4, 0.5) is 0 Å². The van der Waals surface area contributed by atoms with Gasteiger partial charge in [0.05, 0.1) is 6.61 Å². The van der Waals surface area contributed by atoms with Crippen molar-refractivity contribution >= 4 is 11.8 Å². The molecule has 3 rings (SSSR count). The Balaban J connectivity index is 1.92. The number of nitrogens with zero attached hydrogens (tertiary/aromatic N) is 4. The highest BCUT2D eigenvalue weighted by Gasteiger charge is 2.23. The molecule has 1 heterocycles. The molecule has 1 atom stereocenters. The first-order chi connectivity index (χ1) is 13.5. The normalized spacial score (nSPS) is 12.0. The van der Waals surface area contributed by atoms with Crippen LogP contribution in [0.15, 0.2) is 53.7 Å². The van der Waals surface area contributed by atoms with Crippen LogP contribution in [0.2, 0.25) is 0 Å². The fourth-order valence-corrected chi connectivity index (χ4v) is 4.00. The molecular formula is C20H22N4O3S. The number of aromatic nitrogens is 3. The smallest absolute Gasteiger partial charge is 0.220 e. The highest BCUT2D eigenvalue weighted by molar-refractivity contribution is 7.99. The molecule has 0 N–H and O–H groups in total. The molecule has 28 heavy (non-hydrogen) atoms. The van der Waals surface area contributed by atoms with E-state index in [-0.39, 0.29) is 16.7 Å². The van der Waals surface area contributed by atoms with Crippen LogP contribution in [0.25, 0.3) is 5.69 Å². The molecule has 0 saturated heterocycles. The Morgan fingerprint density at radius 3 is 2.39 bits per heavy atom. The molecule has 0 unspecified atom stereocenters. The molecule has 0 radical (unpaired) electrons. The molecule has 0 bridgehead atoms. The molecule has 2 aromatic carbocycles. The monoisotopic (exact) mass is 398 g/mol. The summed E-state index contributed by atoms with van der Waals surface area (Å²) in [4.78, 5) is 10.9. The van der Waals surface area contributed by atoms with Gasteiger partial charge in [0.1, 0.15) is 16.8 Å². The Labute approximate surface area is 167 Å². The summed E-state index contributed by atoms with van der Waals surface area (Å²) in [6.45, 7) is 6.20. The molecule has 3 aromatic rings. The molecular weight excluding hydrogens is 376 g/mol. The van der Waals surface area contributed by atoms with Gasteiger partial charge in [-0.25, -0.2) is 0 Å². The predicted molar refractivity (Wildman–Crippen MR) is 109 cm³/mol. The zero-order valence-corrected chi connectivity index (χ0v) is 16.8. The third-order valence-electron chi connectivity index (χ3n) is 4.21. The van der Waals surface area contributed by atoms with E-state index in [0.717, 1.165) is 28.4 Å². The van der Waals surface area contributed by atoms with E-state index < -0.39 is 0 Å². The fourth-order valence-electron chi connectivity index (χ4n) is 2.83. The minimum Gasteiger partial charge on any atom is -0.494 e. The lowest BCUT2D eigenvalue weighted by Gasteiger charge is -2.15. The van der Waals surface area contributed by atoms with E-state index in [0.29, 0.717) is 11.8 Å². The Morgan fingerprint density at radius 1 is 1.11 bits per heavy atom. The second kappa shape index (κ2) is 8.88. The van der Waals surface area contributed by atoms with Crippen molar-refractivity contribution in [1.29, 1.82) is 0 Å². The van der Waals surface area contributed by atoms with Gasteiger partial charge < -0.3 is 4.74 Å². The van der Waals surface area contributed by atoms with Crippen LogP contribution in [-0.4, -0.2) is 32.8 Å². The van der Waals surface area contributed by atoms with Crippen molar-refractivity contribution in [2.75, 3.05) is 13.2 Å². The lowest BCUT2D eigenvalue weighted by Crippen LogP contribution is -2.11. The second-order valence-electron chi connectivity index (χ2n) is 6.32. The highest BCUT2D eigenvalue weighted by Crippen LogP contribution is 2.36. The van der Waals surface area contributed by atoms with Crippen molar-refractivity contribution < 1.29 is 9.66 Å². The number of nitro groups is 1. The largest absolute Gasteiger partial charge is 0.494 e. The van der Waals surface area contributed by atoms with E-state index in [2.05, 4.69) is 10.2 Å². The van der Waals surface area contributed by atoms with Crippen molar-refractivity contribution in [3.05, 3.63) is 75.6 Å². The summed E-state index contributed by atoms with van der Waals surface area (Å²) in [6, 6.07) is 15.4. The molecule has 7 nitrogen and oxygen atoms in total. The Bertz CT molecular complexity index is 939. The lowest BCUT2D eigenvalue weighted by atomic mass is 10.1. The van der Waals surface area contributed by atoms with Gasteiger partial charge in [-0.1, -0.05) is 41.6 Å². The van der Waals surface area contributed by atoms with Crippen LogP contribution in [0, 0.1) is 24.0 Å². The summed E-state index contributed by atoms with van der Waals surface area (Å²) in [5, 5.41) is 19.9. The maximum atomic E-state index is 11.2. The number of aryl methyl sites for hydroxylation is 2. The summed E-state index contributed by atoms with van der Waals surface area (Å²) in [7, 11) is 0. The average molecular weight is 398 g/mol. The van der Waals surface area contributed by atoms with Crippen molar-refractivity contribution in [2.24, 2.45) is 0 Å². The number of rotatable bonds is 8. The summed E-state index contributed by atoms with van der Waals surface area (Å²) < 4.78 is 7.40. The van der Waals surface area contributed by atoms with Gasteiger partial charge >= 0.3 is 0 Å². The summed E-state index contributed by atoms with van der Waals surface area (Å²) in [5.74, 6) is 1.51. The molecule has 0 amide bonds. The van der Waals surface area contributed by atoms with E-state index in [1.807, 2.05) is 73.9 Å². The number of hydrogen-bond acceptors (Lipinski definition) is 6. The van der Waals surface area contributed by atoms with E-state index >= 15 is 0 Å². The Kier molecular flexibility index (Phi) is 6.30. The highest BCUT2D eigenvalue weighted by atomic mass is 32.2. The third kappa shape index (κ3) is 4.69. The van der Waals surface area contributed by atoms with Crippen LogP contribution < -0.4 is 4.74 Å². The van der Waals surface area contributed by atoms with Crippen LogP contribution in [0.5, 0.6) is 5.75 Å². The van der Waals surface area contributed by atoms with Gasteiger partial charge in [-0.15, -0.1) is 10.2 Å². The van der Waals surface area contributed by atoms with Crippen molar-refractivity contribution in [3.63, 3.8) is 0 Å². The Hall–Kier alpha value is -2.87. The van der Waals surface area contributed by atoms with Gasteiger partial charge in [-0.2, -0.15) is 0 Å². The maximum Gasteiger partial charge on any atom is 0.220 e. The van der Waals surface area contributed by atoms with E-state index in [4.69, 9.17) is 4.74 Å². The van der Waals surface area contributed by atoms with Gasteiger partial charge in [0.25, 0.3) is 0 Å². The predicted octanol–water partition coefficient (Wildman–Crippen LogP) is 4.39. The van der Waals surface area contributed by atoms with E-state index in [1.165, 1.54) is 11.8 Å². The van der Waals surface area contributed by atoms with Crippen LogP contribution in [0.1, 0.15) is 29.1 Å². The van der Waals surface area contributed by atoms with Gasteiger partial charge in [-0.3, -0.25) is 14.7 Å². The first-order valence-electron chi connectivity index (χ1n) is 8.98. The van der Waals surface area contributed by atoms with Crippen molar-refractivity contribution in [3.8, 4) is 11.4 Å². The van der Waals surface area contributed by atoms with Gasteiger partial charge in [0, 0.05) is 10.6 Å². The van der Waals surface area contributed by atoms with Crippen molar-refractivity contribution in [1.82, 2.24) is 14.8 Å². The van der Waals surface area contributed by atoms with Gasteiger partial charge in [0.15, 0.2) is 5.16 Å². The summed E-state index contributed by atoms with van der Waals surface area (Å²) in [5.41, 5.74) is 2.89. The topological polar surface area (TPSA) is 83.1 Å². The quantitative estimate of drug-likeness (QED) is 0.318. The fraction of sp³-hybridized carbons (Fsp3) is 0.300. The molecule has 0 aliphatic carbocycles. The van der Waals surface area contributed by atoms with Gasteiger partial charge in [0.2, 0.25) is 6.54 Å². The third-order valence-corrected chi connectivity index (χ3v) is 5.39. The molecule has 0 aliphatic rings. The zero-order valence-electron chi connectivity index (χ0n) is 16.0. The van der Waals surface area contributed by atoms with E-state index in [1.54, 1.807) is 0 Å². The van der Waals surface area contributed by atoms with Gasteiger partial charge in [-0.05, 0) is 50.6 Å². The lowest BCUT2D eigenvalue weighted by molar-refractivity contribution is -0.479. The van der Waals surface area contributed by atoms with Crippen LogP contribution in [-0.2, 0) is 0 Å². The van der Waals surface area contributed by atoms with Crippen LogP contribution >= 0.6 is 11.8 Å². The number of thioether (sulfide) groups is 1. The molecule has 0 fully saturated rings. The summed E-state index contributed by atoms with van der Waals surface area (Å²) >= 11 is 1.35. The number of benzene rings is 2. The molecule has 146 valence electrons. The molecule has 8 heteroatoms. The number of ether oxygens (including phenoxy) is 1. The van der Waals surface area contributed by atoms with E-state index in [9.17, 15) is 10.1 Å². The average Bonchev–Trinajstić information content (AvgIpc) is 3.03. The SMILES string of the molecule is CCOc1ccc(-n2c(C)nnc2S[C@H](C[N+](=O)[O-])c2ccc(C)cc2)cc1. The molecule has 1 aromatic heterocycles. The van der Waals surface area contributed by atoms with Crippen molar-refractivity contribution in [2.45, 2.75) is 31.2 Å². The minimum absolute atomic E-state index is 0.192. The maximum absolute atomic E-state index is 11.2. The minimum atomic E-state index is -0.361. The standard InChI is InChI=1S/C20H22N4O3S/c1-4-27-18-11-9-17(10-12-18)24-15(3)21-22-20(24)28-19(13-23(25)26)16-7-5-14(2)6-8-16/h5-12,19H,4,13H2,1-3H3/t19-/m1/s1. The number of hydrogen-bond donors (Lipinski definition) is 0. The molecule has 0 saturated carbocycles. The van der Waals surface area contributed by atoms with Crippen LogP contribution in [0.3, 0.4) is 0 Å². The zero-order chi connectivity index (χ0) is 20.1. The second-order valence-corrected chi connectivity index (χ2v) is 7.49. The first-order valence-corrected chi connectivity index (χ1v) is 9.86.